The number of hydrogen-bond donors (Lipinski definition) is 6. The van der Waals surface area contributed by atoms with Gasteiger partial charge in [0.25, 0.3) is 11.5 Å². The van der Waals surface area contributed by atoms with E-state index < -0.39 is 29.4 Å². The van der Waals surface area contributed by atoms with Crippen LogP contribution in [0.2, 0.25) is 0 Å². The predicted molar refractivity (Wildman–Crippen MR) is 112 cm³/mol. The monoisotopic (exact) mass is 599 g/mol. The third-order valence-corrected chi connectivity index (χ3v) is 4.36. The Morgan fingerprint density at radius 2 is 1.82 bits per heavy atom. The van der Waals surface area contributed by atoms with Crippen LogP contribution in [0.4, 0.5) is 11.6 Å². The van der Waals surface area contributed by atoms with E-state index in [1.807, 2.05) is 0 Å². The minimum Gasteiger partial charge on any atom is -0.481 e. The first kappa shape index (κ1) is 26.0. The molecule has 33 heavy (non-hydrogen) atoms. The molecule has 1 atom stereocenters. The molecule has 3 rings (SSSR count). The number of carboxylic acid groups (broad SMARTS) is 2. The minimum absolute atomic E-state index is 0. The Labute approximate surface area is 217 Å². The third kappa shape index (κ3) is 7.13. The summed E-state index contributed by atoms with van der Waals surface area (Å²) in [5.41, 5.74) is 6.47. The predicted octanol–water partition coefficient (Wildman–Crippen LogP) is -0.0448. The fraction of sp³-hybridized carbons (Fsp3) is 0.211. The average molecular weight is 599 g/mol. The molecule has 174 valence electrons. The van der Waals surface area contributed by atoms with Gasteiger partial charge in [0, 0.05) is 57.6 Å². The number of aromatic nitrogens is 4. The van der Waals surface area contributed by atoms with Crippen LogP contribution in [0, 0.1) is 39.9 Å². The molecule has 0 saturated heterocycles. The van der Waals surface area contributed by atoms with Crippen LogP contribution in [-0.2, 0) is 16.1 Å². The first-order valence-corrected chi connectivity index (χ1v) is 9.33. The summed E-state index contributed by atoms with van der Waals surface area (Å²) in [5, 5.41) is 23.2. The van der Waals surface area contributed by atoms with Crippen molar-refractivity contribution in [2.45, 2.75) is 25.4 Å². The summed E-state index contributed by atoms with van der Waals surface area (Å²) in [6, 6.07) is 4.86. The van der Waals surface area contributed by atoms with E-state index in [9.17, 15) is 19.2 Å². The Bertz CT molecular complexity index is 1230. The molecule has 2 aromatic heterocycles. The summed E-state index contributed by atoms with van der Waals surface area (Å²) >= 11 is 0. The van der Waals surface area contributed by atoms with Gasteiger partial charge in [-0.3, -0.25) is 19.4 Å². The standard InChI is InChI=1S/C19H19N7O6.Gd/c20-19-25-15-14(17(30)26-19)23-11(8-22-15)7-21-10-3-1-9(2-4-10)16(29)24-12(18(31)32)5-6-13(27)28;/h1-4,8,12,21H,5-7H2,(H,24,29)(H,27,28)(H,31,32)(H3,20,22,25,26,30);. The summed E-state index contributed by atoms with van der Waals surface area (Å²) in [6.07, 6.45) is 0.840. The van der Waals surface area contributed by atoms with E-state index in [4.69, 9.17) is 15.9 Å². The van der Waals surface area contributed by atoms with Crippen molar-refractivity contribution in [3.63, 3.8) is 0 Å². The van der Waals surface area contributed by atoms with Crippen LogP contribution in [0.5, 0.6) is 0 Å². The Morgan fingerprint density at radius 3 is 2.45 bits per heavy atom. The molecule has 0 spiro atoms. The number of nitrogens with two attached hydrogens (primary N) is 1. The average Bonchev–Trinajstić information content (AvgIpc) is 2.75. The topological polar surface area (TPSA) is 213 Å². The zero-order valence-corrected chi connectivity index (χ0v) is 19.2. The van der Waals surface area contributed by atoms with E-state index in [2.05, 4.69) is 30.6 Å². The van der Waals surface area contributed by atoms with Gasteiger partial charge in [0.05, 0.1) is 18.4 Å². The van der Waals surface area contributed by atoms with E-state index in [1.54, 1.807) is 12.1 Å². The van der Waals surface area contributed by atoms with Crippen LogP contribution >= 0.6 is 0 Å². The molecule has 7 N–H and O–H groups in total. The minimum atomic E-state index is -1.31. The zero-order valence-electron chi connectivity index (χ0n) is 16.9. The number of anilines is 2. The second kappa shape index (κ2) is 11.6. The number of carbonyl (C=O) groups excluding carboxylic acids is 1. The van der Waals surface area contributed by atoms with Gasteiger partial charge >= 0.3 is 11.9 Å². The number of carboxylic acids is 2. The molecule has 1 aromatic carbocycles. The molecule has 0 aliphatic heterocycles. The molecule has 13 nitrogen and oxygen atoms in total. The number of nitrogens with zero attached hydrogens (tertiary/aromatic N) is 3. The SMILES string of the molecule is Nc1nc2ncc(CNc3ccc(C(=O)NC(CCC(=O)O)C(=O)O)cc3)nc2c(=O)[nH]1.[Gd]. The molecular formula is C19H19GdN7O6. The Kier molecular flexibility index (Phi) is 9.14. The quantitative estimate of drug-likeness (QED) is 0.192. The summed E-state index contributed by atoms with van der Waals surface area (Å²) in [7, 11) is 0. The number of fused-ring (bicyclic) bond motifs is 1. The number of nitrogen functional groups attached to an aromatic ring is 1. The Hall–Kier alpha value is -3.23. The molecule has 2 heterocycles. The van der Waals surface area contributed by atoms with Gasteiger partial charge < -0.3 is 26.6 Å². The second-order valence-corrected chi connectivity index (χ2v) is 6.71. The van der Waals surface area contributed by atoms with E-state index in [0.29, 0.717) is 11.4 Å². The van der Waals surface area contributed by atoms with Gasteiger partial charge in [0.2, 0.25) is 5.95 Å². The van der Waals surface area contributed by atoms with Crippen LogP contribution in [0.3, 0.4) is 0 Å². The van der Waals surface area contributed by atoms with Gasteiger partial charge in [0.15, 0.2) is 11.2 Å². The van der Waals surface area contributed by atoms with Crippen LogP contribution in [0.25, 0.3) is 11.2 Å². The summed E-state index contributed by atoms with van der Waals surface area (Å²) in [4.78, 5) is 60.6. The number of H-pyrrole nitrogens is 1. The Balaban J connectivity index is 0.00000385. The maximum Gasteiger partial charge on any atom is 0.326 e. The molecule has 0 bridgehead atoms. The number of amides is 1. The number of carbonyl (C=O) groups is 3. The second-order valence-electron chi connectivity index (χ2n) is 6.71. The van der Waals surface area contributed by atoms with Gasteiger partial charge in [-0.2, -0.15) is 4.98 Å². The molecule has 14 heteroatoms. The molecule has 0 radical (unpaired) electrons. The number of aliphatic carboxylic acids is 2. The van der Waals surface area contributed by atoms with Crippen molar-refractivity contribution < 1.29 is 64.5 Å². The molecule has 1 amide bonds. The molecule has 0 aliphatic carbocycles. The third-order valence-electron chi connectivity index (χ3n) is 4.36. The van der Waals surface area contributed by atoms with Crippen LogP contribution < -0.4 is 21.9 Å². The number of nitrogens with one attached hydrogen (secondary N) is 3. The number of aromatic amines is 1. The largest absolute Gasteiger partial charge is 0.481 e. The van der Waals surface area contributed by atoms with Gasteiger partial charge in [-0.05, 0) is 30.7 Å². The van der Waals surface area contributed by atoms with Crippen molar-refractivity contribution in [1.82, 2.24) is 25.3 Å². The van der Waals surface area contributed by atoms with Crippen molar-refractivity contribution in [3.8, 4) is 0 Å². The van der Waals surface area contributed by atoms with Gasteiger partial charge in [-0.25, -0.2) is 14.8 Å². The van der Waals surface area contributed by atoms with Crippen molar-refractivity contribution >= 4 is 40.6 Å². The molecule has 0 saturated carbocycles. The van der Waals surface area contributed by atoms with Gasteiger partial charge in [0.1, 0.15) is 6.04 Å². The van der Waals surface area contributed by atoms with Crippen LogP contribution in [-0.4, -0.2) is 54.0 Å². The van der Waals surface area contributed by atoms with Crippen molar-refractivity contribution in [3.05, 3.63) is 52.1 Å². The first-order valence-electron chi connectivity index (χ1n) is 9.33. The van der Waals surface area contributed by atoms with Crippen molar-refractivity contribution in [2.75, 3.05) is 11.1 Å². The number of hydrogen-bond acceptors (Lipinski definition) is 9. The zero-order chi connectivity index (χ0) is 23.3. The van der Waals surface area contributed by atoms with Crippen molar-refractivity contribution in [1.29, 1.82) is 0 Å². The van der Waals surface area contributed by atoms with E-state index >= 15 is 0 Å². The summed E-state index contributed by atoms with van der Waals surface area (Å²) in [5.74, 6) is -3.16. The number of benzene rings is 1. The van der Waals surface area contributed by atoms with Crippen LogP contribution in [0.1, 0.15) is 28.9 Å². The van der Waals surface area contributed by atoms with Gasteiger partial charge in [-0.1, -0.05) is 0 Å². The van der Waals surface area contributed by atoms with Crippen molar-refractivity contribution in [2.24, 2.45) is 0 Å². The smallest absolute Gasteiger partial charge is 0.326 e. The Morgan fingerprint density at radius 1 is 1.12 bits per heavy atom. The summed E-state index contributed by atoms with van der Waals surface area (Å²) < 4.78 is 0. The molecule has 0 fully saturated rings. The molecular weight excluding hydrogens is 580 g/mol. The van der Waals surface area contributed by atoms with E-state index in [-0.39, 0.29) is 82.0 Å². The van der Waals surface area contributed by atoms with Crippen LogP contribution in [0.15, 0.2) is 35.3 Å². The molecule has 1 unspecified atom stereocenters. The normalized spacial score (nSPS) is 11.3. The maximum absolute atomic E-state index is 12.3. The fourth-order valence-electron chi connectivity index (χ4n) is 2.75. The van der Waals surface area contributed by atoms with E-state index in [0.717, 1.165) is 0 Å². The molecule has 0 aliphatic rings. The van der Waals surface area contributed by atoms with Gasteiger partial charge in [-0.15, -0.1) is 0 Å². The fourth-order valence-corrected chi connectivity index (χ4v) is 2.75. The maximum atomic E-state index is 12.3. The summed E-state index contributed by atoms with van der Waals surface area (Å²) in [6.45, 7) is 0.231. The number of rotatable bonds is 9. The van der Waals surface area contributed by atoms with E-state index in [1.165, 1.54) is 18.3 Å². The molecule has 3 aromatic rings. The first-order chi connectivity index (χ1) is 15.2.